The zero-order valence-corrected chi connectivity index (χ0v) is 13.8. The topological polar surface area (TPSA) is 72.9 Å². The van der Waals surface area contributed by atoms with E-state index in [1.54, 1.807) is 0 Å². The van der Waals surface area contributed by atoms with E-state index in [4.69, 9.17) is 16.3 Å². The molecule has 0 saturated carbocycles. The van der Waals surface area contributed by atoms with Crippen LogP contribution >= 0.6 is 11.6 Å². The molecule has 0 N–H and O–H groups in total. The van der Waals surface area contributed by atoms with Crippen LogP contribution < -0.4 is 4.74 Å². The van der Waals surface area contributed by atoms with E-state index in [1.807, 2.05) is 0 Å². The van der Waals surface area contributed by atoms with Crippen LogP contribution in [0.25, 0.3) is 0 Å². The number of methoxy groups -OCH3 is 1. The smallest absolute Gasteiger partial charge is 0.343 e. The van der Waals surface area contributed by atoms with E-state index in [0.717, 1.165) is 19.3 Å². The van der Waals surface area contributed by atoms with Crippen molar-refractivity contribution in [1.82, 2.24) is 4.31 Å². The Morgan fingerprint density at radius 1 is 1.27 bits per heavy atom. The lowest BCUT2D eigenvalue weighted by molar-refractivity contribution is -0.142. The average Bonchev–Trinajstić information content (AvgIpc) is 2.54. The molecule has 1 aromatic rings. The second kappa shape index (κ2) is 7.30. The second-order valence-electron chi connectivity index (χ2n) is 4.92. The highest BCUT2D eigenvalue weighted by Crippen LogP contribution is 2.29. The summed E-state index contributed by atoms with van der Waals surface area (Å²) >= 11 is 6.04. The Balaban J connectivity index is 2.15. The first-order valence-electron chi connectivity index (χ1n) is 6.94. The van der Waals surface area contributed by atoms with Crippen LogP contribution in [0.2, 0.25) is 5.02 Å². The number of carbonyl (C=O) groups is 1. The van der Waals surface area contributed by atoms with Crippen LogP contribution in [0.15, 0.2) is 23.1 Å². The molecule has 0 spiro atoms. The lowest BCUT2D eigenvalue weighted by atomic mass is 10.2. The van der Waals surface area contributed by atoms with Crippen molar-refractivity contribution in [3.63, 3.8) is 0 Å². The van der Waals surface area contributed by atoms with E-state index >= 15 is 0 Å². The Morgan fingerprint density at radius 3 is 2.55 bits per heavy atom. The molecule has 22 heavy (non-hydrogen) atoms. The van der Waals surface area contributed by atoms with Gasteiger partial charge < -0.3 is 9.47 Å². The normalized spacial score (nSPS) is 16.3. The van der Waals surface area contributed by atoms with E-state index in [-0.39, 0.29) is 22.3 Å². The molecule has 6 nitrogen and oxygen atoms in total. The Hall–Kier alpha value is -1.31. The van der Waals surface area contributed by atoms with Gasteiger partial charge in [-0.2, -0.15) is 4.31 Å². The highest BCUT2D eigenvalue weighted by molar-refractivity contribution is 7.89. The molecule has 0 radical (unpaired) electrons. The SMILES string of the molecule is COC(=O)COc1ccc(S(=O)(=O)N2CCCCC2)cc1Cl. The summed E-state index contributed by atoms with van der Waals surface area (Å²) in [7, 11) is -2.28. The fraction of sp³-hybridized carbons (Fsp3) is 0.500. The number of rotatable bonds is 5. The number of carbonyl (C=O) groups excluding carboxylic acids is 1. The summed E-state index contributed by atoms with van der Waals surface area (Å²) in [6.07, 6.45) is 2.79. The number of sulfonamides is 1. The Morgan fingerprint density at radius 2 is 1.95 bits per heavy atom. The molecule has 1 heterocycles. The molecule has 0 atom stereocenters. The van der Waals surface area contributed by atoms with Crippen LogP contribution in [-0.4, -0.2) is 45.5 Å². The molecule has 1 aliphatic heterocycles. The monoisotopic (exact) mass is 347 g/mol. The average molecular weight is 348 g/mol. The first-order chi connectivity index (χ1) is 10.4. The van der Waals surface area contributed by atoms with E-state index in [2.05, 4.69) is 4.74 Å². The van der Waals surface area contributed by atoms with Crippen LogP contribution in [0.4, 0.5) is 0 Å². The van der Waals surface area contributed by atoms with E-state index in [9.17, 15) is 13.2 Å². The van der Waals surface area contributed by atoms with Crippen LogP contribution in [0.3, 0.4) is 0 Å². The third kappa shape index (κ3) is 3.91. The van der Waals surface area contributed by atoms with Crippen molar-refractivity contribution >= 4 is 27.6 Å². The molecule has 1 fully saturated rings. The van der Waals surface area contributed by atoms with Crippen molar-refractivity contribution < 1.29 is 22.7 Å². The van der Waals surface area contributed by atoms with Crippen LogP contribution in [0.5, 0.6) is 5.75 Å². The minimum absolute atomic E-state index is 0.129. The van der Waals surface area contributed by atoms with Gasteiger partial charge in [0.2, 0.25) is 10.0 Å². The molecule has 0 unspecified atom stereocenters. The quantitative estimate of drug-likeness (QED) is 0.762. The first kappa shape index (κ1) is 17.1. The molecule has 8 heteroatoms. The number of hydrogen-bond donors (Lipinski definition) is 0. The number of piperidine rings is 1. The maximum atomic E-state index is 12.5. The molecule has 0 aliphatic carbocycles. The van der Waals surface area contributed by atoms with Gasteiger partial charge in [-0.15, -0.1) is 0 Å². The zero-order chi connectivity index (χ0) is 16.2. The second-order valence-corrected chi connectivity index (χ2v) is 7.27. The molecule has 1 aliphatic rings. The number of hydrogen-bond acceptors (Lipinski definition) is 5. The summed E-state index contributed by atoms with van der Waals surface area (Å²) in [5.41, 5.74) is 0. The van der Waals surface area contributed by atoms with Gasteiger partial charge in [-0.25, -0.2) is 13.2 Å². The van der Waals surface area contributed by atoms with Gasteiger partial charge >= 0.3 is 5.97 Å². The van der Waals surface area contributed by atoms with Gasteiger partial charge in [0, 0.05) is 13.1 Å². The number of halogens is 1. The fourth-order valence-corrected chi connectivity index (χ4v) is 4.05. The Labute approximate surface area is 135 Å². The summed E-state index contributed by atoms with van der Waals surface area (Å²) in [6, 6.07) is 4.22. The van der Waals surface area contributed by atoms with Crippen molar-refractivity contribution in [2.24, 2.45) is 0 Å². The third-order valence-corrected chi connectivity index (χ3v) is 5.62. The molecule has 0 bridgehead atoms. The van der Waals surface area contributed by atoms with Gasteiger partial charge in [0.1, 0.15) is 5.75 Å². The summed E-state index contributed by atoms with van der Waals surface area (Å²) in [4.78, 5) is 11.2. The van der Waals surface area contributed by atoms with Gasteiger partial charge in [-0.1, -0.05) is 18.0 Å². The van der Waals surface area contributed by atoms with E-state index in [0.29, 0.717) is 13.1 Å². The maximum absolute atomic E-state index is 12.5. The largest absolute Gasteiger partial charge is 0.480 e. The van der Waals surface area contributed by atoms with Gasteiger partial charge in [0.25, 0.3) is 0 Å². The fourth-order valence-electron chi connectivity index (χ4n) is 2.21. The van der Waals surface area contributed by atoms with Gasteiger partial charge in [0.15, 0.2) is 6.61 Å². The number of esters is 1. The predicted molar refractivity (Wildman–Crippen MR) is 81.6 cm³/mol. The molecule has 0 amide bonds. The maximum Gasteiger partial charge on any atom is 0.343 e. The minimum atomic E-state index is -3.54. The zero-order valence-electron chi connectivity index (χ0n) is 12.2. The van der Waals surface area contributed by atoms with Crippen LogP contribution in [0, 0.1) is 0 Å². The summed E-state index contributed by atoms with van der Waals surface area (Å²) in [6.45, 7) is 0.773. The molecular weight excluding hydrogens is 330 g/mol. The summed E-state index contributed by atoms with van der Waals surface area (Å²) < 4.78 is 36.1. The highest BCUT2D eigenvalue weighted by atomic mass is 35.5. The Bertz CT molecular complexity index is 641. The molecule has 1 saturated heterocycles. The lowest BCUT2D eigenvalue weighted by Gasteiger charge is -2.26. The third-order valence-electron chi connectivity index (χ3n) is 3.43. The molecule has 122 valence electrons. The van der Waals surface area contributed by atoms with Gasteiger partial charge in [0.05, 0.1) is 17.0 Å². The first-order valence-corrected chi connectivity index (χ1v) is 8.76. The molecule has 1 aromatic carbocycles. The molecule has 0 aromatic heterocycles. The molecular formula is C14H18ClNO5S. The van der Waals surface area contributed by atoms with Crippen molar-refractivity contribution in [3.05, 3.63) is 23.2 Å². The standard InChI is InChI=1S/C14H18ClNO5S/c1-20-14(17)10-21-13-6-5-11(9-12(13)15)22(18,19)16-7-3-2-4-8-16/h5-6,9H,2-4,7-8,10H2,1H3. The molecule has 2 rings (SSSR count). The van der Waals surface area contributed by atoms with Gasteiger partial charge in [-0.05, 0) is 31.0 Å². The van der Waals surface area contributed by atoms with Crippen molar-refractivity contribution in [3.8, 4) is 5.75 Å². The summed E-state index contributed by atoms with van der Waals surface area (Å²) in [5, 5.41) is 0.141. The van der Waals surface area contributed by atoms with Crippen molar-refractivity contribution in [2.75, 3.05) is 26.8 Å². The highest BCUT2D eigenvalue weighted by Gasteiger charge is 2.26. The number of nitrogens with zero attached hydrogens (tertiary/aromatic N) is 1. The lowest BCUT2D eigenvalue weighted by Crippen LogP contribution is -2.35. The van der Waals surface area contributed by atoms with Gasteiger partial charge in [-0.3, -0.25) is 0 Å². The Kier molecular flexibility index (Phi) is 5.66. The van der Waals surface area contributed by atoms with Crippen LogP contribution in [0.1, 0.15) is 19.3 Å². The van der Waals surface area contributed by atoms with Crippen LogP contribution in [-0.2, 0) is 19.6 Å². The van der Waals surface area contributed by atoms with Crippen molar-refractivity contribution in [2.45, 2.75) is 24.2 Å². The predicted octanol–water partition coefficient (Wildman–Crippen LogP) is 2.07. The van der Waals surface area contributed by atoms with Crippen molar-refractivity contribution in [1.29, 1.82) is 0 Å². The number of benzene rings is 1. The van der Waals surface area contributed by atoms with E-state index in [1.165, 1.54) is 29.6 Å². The number of ether oxygens (including phenoxy) is 2. The van der Waals surface area contributed by atoms with E-state index < -0.39 is 16.0 Å². The minimum Gasteiger partial charge on any atom is -0.480 e. The summed E-state index contributed by atoms with van der Waals surface area (Å²) in [5.74, 6) is -0.300.